The molecule has 23 heavy (non-hydrogen) atoms. The van der Waals surface area contributed by atoms with Crippen molar-refractivity contribution in [3.8, 4) is 0 Å². The summed E-state index contributed by atoms with van der Waals surface area (Å²) in [6.45, 7) is 1.46. The van der Waals surface area contributed by atoms with Crippen LogP contribution < -0.4 is 0 Å². The number of hydrogen-bond acceptors (Lipinski definition) is 5. The van der Waals surface area contributed by atoms with Crippen LogP contribution in [0.15, 0.2) is 58.9 Å². The molecule has 1 aromatic carbocycles. The smallest absolute Gasteiger partial charge is 0.358 e. The molecule has 0 unspecified atom stereocenters. The second kappa shape index (κ2) is 5.80. The van der Waals surface area contributed by atoms with E-state index < -0.39 is 5.97 Å². The highest BCUT2D eigenvalue weighted by Crippen LogP contribution is 2.24. The fourth-order valence-electron chi connectivity index (χ4n) is 2.11. The summed E-state index contributed by atoms with van der Waals surface area (Å²) >= 11 is 0. The average Bonchev–Trinajstić information content (AvgIpc) is 2.92. The number of benzene rings is 1. The van der Waals surface area contributed by atoms with Gasteiger partial charge in [-0.3, -0.25) is 9.20 Å². The van der Waals surface area contributed by atoms with Crippen molar-refractivity contribution in [1.29, 1.82) is 0 Å². The van der Waals surface area contributed by atoms with Crippen LogP contribution in [-0.4, -0.2) is 26.2 Å². The number of carboxylic acids is 1. The maximum Gasteiger partial charge on any atom is 0.358 e. The number of nitrogens with zero attached hydrogens (tertiary/aromatic N) is 4. The van der Waals surface area contributed by atoms with Crippen LogP contribution in [0.1, 0.15) is 27.8 Å². The van der Waals surface area contributed by atoms with Crippen LogP contribution in [0.5, 0.6) is 0 Å². The SMILES string of the molecule is CC(=O)c1cccc(N=Nc2c(C(=O)O)nc3ccccn23)c1. The number of hydrogen-bond donors (Lipinski definition) is 1. The Morgan fingerprint density at radius 3 is 2.70 bits per heavy atom. The Balaban J connectivity index is 2.07. The van der Waals surface area contributed by atoms with Gasteiger partial charge in [0.05, 0.1) is 5.69 Å². The van der Waals surface area contributed by atoms with E-state index in [1.165, 1.54) is 6.92 Å². The molecule has 7 heteroatoms. The number of imidazole rings is 1. The van der Waals surface area contributed by atoms with Crippen LogP contribution in [0.25, 0.3) is 5.65 Å². The van der Waals surface area contributed by atoms with Crippen molar-refractivity contribution < 1.29 is 14.7 Å². The molecule has 1 N–H and O–H groups in total. The number of aromatic carboxylic acids is 1. The molecule has 0 aliphatic heterocycles. The number of azo groups is 1. The molecule has 2 aromatic heterocycles. The first-order valence-corrected chi connectivity index (χ1v) is 6.79. The lowest BCUT2D eigenvalue weighted by Crippen LogP contribution is -1.96. The minimum Gasteiger partial charge on any atom is -0.476 e. The van der Waals surface area contributed by atoms with Crippen molar-refractivity contribution >= 4 is 28.9 Å². The third kappa shape index (κ3) is 2.84. The second-order valence-electron chi connectivity index (χ2n) is 4.82. The summed E-state index contributed by atoms with van der Waals surface area (Å²) in [4.78, 5) is 26.7. The zero-order chi connectivity index (χ0) is 16.4. The number of fused-ring (bicyclic) bond motifs is 1. The molecule has 114 valence electrons. The number of carboxylic acid groups (broad SMARTS) is 1. The Morgan fingerprint density at radius 2 is 1.96 bits per heavy atom. The molecular formula is C16H12N4O3. The van der Waals surface area contributed by atoms with Gasteiger partial charge < -0.3 is 5.11 Å². The number of ketones is 1. The topological polar surface area (TPSA) is 96.4 Å². The molecule has 0 atom stereocenters. The van der Waals surface area contributed by atoms with Crippen LogP contribution in [0, 0.1) is 0 Å². The largest absolute Gasteiger partial charge is 0.476 e. The van der Waals surface area contributed by atoms with Gasteiger partial charge in [-0.05, 0) is 31.2 Å². The summed E-state index contributed by atoms with van der Waals surface area (Å²) in [5.41, 5.74) is 1.26. The highest BCUT2D eigenvalue weighted by molar-refractivity contribution is 5.94. The number of pyridine rings is 1. The lowest BCUT2D eigenvalue weighted by molar-refractivity contribution is 0.0692. The van der Waals surface area contributed by atoms with E-state index in [-0.39, 0.29) is 17.3 Å². The Hall–Kier alpha value is -3.35. The molecule has 0 fully saturated rings. The van der Waals surface area contributed by atoms with Gasteiger partial charge in [0.1, 0.15) is 5.65 Å². The number of carbonyl (C=O) groups is 2. The van der Waals surface area contributed by atoms with Crippen molar-refractivity contribution in [2.45, 2.75) is 6.92 Å². The Labute approximate surface area is 130 Å². The van der Waals surface area contributed by atoms with Crippen LogP contribution >= 0.6 is 0 Å². The Kier molecular flexibility index (Phi) is 3.68. The van der Waals surface area contributed by atoms with Gasteiger partial charge in [-0.25, -0.2) is 9.78 Å². The summed E-state index contributed by atoms with van der Waals surface area (Å²) in [6, 6.07) is 11.8. The lowest BCUT2D eigenvalue weighted by atomic mass is 10.1. The highest BCUT2D eigenvalue weighted by atomic mass is 16.4. The van der Waals surface area contributed by atoms with Crippen molar-refractivity contribution in [1.82, 2.24) is 9.38 Å². The van der Waals surface area contributed by atoms with Crippen molar-refractivity contribution in [2.24, 2.45) is 10.2 Å². The van der Waals surface area contributed by atoms with E-state index in [9.17, 15) is 14.7 Å². The fraction of sp³-hybridized carbons (Fsp3) is 0.0625. The van der Waals surface area contributed by atoms with E-state index >= 15 is 0 Å². The molecule has 2 heterocycles. The molecule has 0 saturated heterocycles. The first-order chi connectivity index (χ1) is 11.1. The molecule has 7 nitrogen and oxygen atoms in total. The highest BCUT2D eigenvalue weighted by Gasteiger charge is 2.17. The van der Waals surface area contributed by atoms with Gasteiger partial charge in [0, 0.05) is 11.8 Å². The molecule has 0 radical (unpaired) electrons. The number of rotatable bonds is 4. The molecule has 3 aromatic rings. The van der Waals surface area contributed by atoms with Gasteiger partial charge in [-0.15, -0.1) is 10.2 Å². The zero-order valence-electron chi connectivity index (χ0n) is 12.2. The summed E-state index contributed by atoms with van der Waals surface area (Å²) < 4.78 is 1.54. The van der Waals surface area contributed by atoms with Crippen LogP contribution in [0.2, 0.25) is 0 Å². The maximum absolute atomic E-state index is 11.4. The summed E-state index contributed by atoms with van der Waals surface area (Å²) in [5, 5.41) is 17.3. The van der Waals surface area contributed by atoms with Gasteiger partial charge >= 0.3 is 5.97 Å². The predicted octanol–water partition coefficient (Wildman–Crippen LogP) is 3.65. The maximum atomic E-state index is 11.4. The van der Waals surface area contributed by atoms with E-state index in [1.54, 1.807) is 53.1 Å². The summed E-state index contributed by atoms with van der Waals surface area (Å²) in [6.07, 6.45) is 1.66. The number of Topliss-reactive ketones (excluding diaryl/α,β-unsaturated/α-hetero) is 1. The van der Waals surface area contributed by atoms with Crippen LogP contribution in [0.3, 0.4) is 0 Å². The summed E-state index contributed by atoms with van der Waals surface area (Å²) in [7, 11) is 0. The van der Waals surface area contributed by atoms with Gasteiger partial charge in [0.15, 0.2) is 17.3 Å². The van der Waals surface area contributed by atoms with E-state index in [4.69, 9.17) is 0 Å². The second-order valence-corrected chi connectivity index (χ2v) is 4.82. The number of carbonyl (C=O) groups excluding carboxylic acids is 1. The third-order valence-corrected chi connectivity index (χ3v) is 3.22. The molecule has 0 aliphatic rings. The lowest BCUT2D eigenvalue weighted by Gasteiger charge is -1.98. The molecule has 0 bridgehead atoms. The minimum absolute atomic E-state index is 0.0805. The van der Waals surface area contributed by atoms with Crippen LogP contribution in [-0.2, 0) is 0 Å². The van der Waals surface area contributed by atoms with Gasteiger partial charge in [0.25, 0.3) is 0 Å². The van der Waals surface area contributed by atoms with E-state index in [1.807, 2.05) is 0 Å². The molecule has 0 amide bonds. The predicted molar refractivity (Wildman–Crippen MR) is 82.8 cm³/mol. The average molecular weight is 308 g/mol. The molecular weight excluding hydrogens is 296 g/mol. The molecule has 3 rings (SSSR count). The third-order valence-electron chi connectivity index (χ3n) is 3.22. The van der Waals surface area contributed by atoms with Crippen molar-refractivity contribution in [2.75, 3.05) is 0 Å². The quantitative estimate of drug-likeness (QED) is 0.587. The Morgan fingerprint density at radius 1 is 1.13 bits per heavy atom. The normalized spacial score (nSPS) is 11.2. The van der Waals surface area contributed by atoms with Crippen LogP contribution in [0.4, 0.5) is 11.5 Å². The van der Waals surface area contributed by atoms with E-state index in [0.717, 1.165) is 0 Å². The summed E-state index contributed by atoms with van der Waals surface area (Å²) in [5.74, 6) is -1.13. The monoisotopic (exact) mass is 308 g/mol. The van der Waals surface area contributed by atoms with Crippen molar-refractivity contribution in [3.05, 3.63) is 59.9 Å². The first-order valence-electron chi connectivity index (χ1n) is 6.79. The zero-order valence-corrected chi connectivity index (χ0v) is 12.2. The Bertz CT molecular complexity index is 943. The van der Waals surface area contributed by atoms with Gasteiger partial charge in [0.2, 0.25) is 0 Å². The first kappa shape index (κ1) is 14.6. The molecule has 0 saturated carbocycles. The van der Waals surface area contributed by atoms with E-state index in [0.29, 0.717) is 16.9 Å². The standard InChI is InChI=1S/C16H12N4O3/c1-10(21)11-5-4-6-12(9-11)18-19-15-14(16(22)23)17-13-7-2-3-8-20(13)15/h2-9H,1H3,(H,22,23). The van der Waals surface area contributed by atoms with E-state index in [2.05, 4.69) is 15.2 Å². The minimum atomic E-state index is -1.18. The van der Waals surface area contributed by atoms with Gasteiger partial charge in [-0.2, -0.15) is 0 Å². The fourth-order valence-corrected chi connectivity index (χ4v) is 2.11. The van der Waals surface area contributed by atoms with Crippen molar-refractivity contribution in [3.63, 3.8) is 0 Å². The molecule has 0 spiro atoms. The van der Waals surface area contributed by atoms with Gasteiger partial charge in [-0.1, -0.05) is 18.2 Å². The molecule has 0 aliphatic carbocycles. The number of aromatic nitrogens is 2.